The van der Waals surface area contributed by atoms with Gasteiger partial charge in [0.05, 0.1) is 0 Å². The SMILES string of the molecule is C=CCCP1CCC=CCC1.[B]. The highest BCUT2D eigenvalue weighted by atomic mass is 31.1. The minimum atomic E-state index is 0. The molecule has 65 valence electrons. The number of allylic oxidation sites excluding steroid dienone is 3. The lowest BCUT2D eigenvalue weighted by Crippen LogP contribution is -1.90. The molecular formula is C10H17BP. The molecule has 0 aromatic rings. The van der Waals surface area contributed by atoms with Crippen molar-refractivity contribution in [2.75, 3.05) is 18.5 Å². The fourth-order valence-corrected chi connectivity index (χ4v) is 3.61. The lowest BCUT2D eigenvalue weighted by Gasteiger charge is -2.12. The fourth-order valence-electron chi connectivity index (χ4n) is 1.36. The molecule has 0 fully saturated rings. The average molecular weight is 179 g/mol. The zero-order chi connectivity index (χ0) is 7.94. The maximum atomic E-state index is 3.76. The molecule has 0 spiro atoms. The summed E-state index contributed by atoms with van der Waals surface area (Å²) in [4.78, 5) is 0. The van der Waals surface area contributed by atoms with Crippen molar-refractivity contribution in [2.45, 2.75) is 19.3 Å². The van der Waals surface area contributed by atoms with E-state index in [2.05, 4.69) is 24.8 Å². The lowest BCUT2D eigenvalue weighted by molar-refractivity contribution is 1.17. The summed E-state index contributed by atoms with van der Waals surface area (Å²) in [6, 6.07) is 0. The summed E-state index contributed by atoms with van der Waals surface area (Å²) < 4.78 is 0. The van der Waals surface area contributed by atoms with Crippen molar-refractivity contribution >= 4 is 16.3 Å². The smallest absolute Gasteiger partial charge is 0 e. The van der Waals surface area contributed by atoms with Crippen molar-refractivity contribution in [3.63, 3.8) is 0 Å². The molecule has 0 amide bonds. The van der Waals surface area contributed by atoms with Crippen LogP contribution in [0.15, 0.2) is 24.8 Å². The fraction of sp³-hybridized carbons (Fsp3) is 0.600. The molecule has 0 saturated carbocycles. The van der Waals surface area contributed by atoms with Crippen molar-refractivity contribution in [3.8, 4) is 0 Å². The van der Waals surface area contributed by atoms with E-state index in [0.717, 1.165) is 0 Å². The van der Waals surface area contributed by atoms with E-state index >= 15 is 0 Å². The van der Waals surface area contributed by atoms with E-state index in [4.69, 9.17) is 0 Å². The van der Waals surface area contributed by atoms with Crippen molar-refractivity contribution < 1.29 is 0 Å². The van der Waals surface area contributed by atoms with Gasteiger partial charge in [-0.3, -0.25) is 0 Å². The molecule has 1 aliphatic rings. The summed E-state index contributed by atoms with van der Waals surface area (Å²) in [5.41, 5.74) is 0. The van der Waals surface area contributed by atoms with Crippen molar-refractivity contribution in [3.05, 3.63) is 24.8 Å². The van der Waals surface area contributed by atoms with E-state index in [1.165, 1.54) is 37.7 Å². The van der Waals surface area contributed by atoms with E-state index in [9.17, 15) is 0 Å². The quantitative estimate of drug-likeness (QED) is 0.355. The zero-order valence-electron chi connectivity index (χ0n) is 7.71. The van der Waals surface area contributed by atoms with Gasteiger partial charge < -0.3 is 0 Å². The Hall–Kier alpha value is -0.0251. The van der Waals surface area contributed by atoms with Crippen LogP contribution in [0, 0.1) is 0 Å². The first-order chi connectivity index (χ1) is 5.43. The van der Waals surface area contributed by atoms with Gasteiger partial charge in [-0.15, -0.1) is 14.5 Å². The normalized spacial score (nSPS) is 18.0. The summed E-state index contributed by atoms with van der Waals surface area (Å²) in [5.74, 6) is 0. The molecule has 0 aromatic heterocycles. The monoisotopic (exact) mass is 179 g/mol. The van der Waals surface area contributed by atoms with Crippen LogP contribution < -0.4 is 0 Å². The van der Waals surface area contributed by atoms with Crippen LogP contribution in [-0.2, 0) is 0 Å². The predicted molar refractivity (Wildman–Crippen MR) is 60.5 cm³/mol. The highest BCUT2D eigenvalue weighted by Crippen LogP contribution is 2.39. The summed E-state index contributed by atoms with van der Waals surface area (Å²) in [6.07, 6.45) is 14.9. The largest absolute Gasteiger partial charge is 0.106 e. The molecule has 1 heterocycles. The van der Waals surface area contributed by atoms with Gasteiger partial charge in [0.15, 0.2) is 0 Å². The molecule has 0 N–H and O–H groups in total. The van der Waals surface area contributed by atoms with Gasteiger partial charge in [-0.2, -0.15) is 0 Å². The van der Waals surface area contributed by atoms with E-state index in [1.54, 1.807) is 0 Å². The van der Waals surface area contributed by atoms with E-state index in [0.29, 0.717) is 7.92 Å². The molecule has 0 bridgehead atoms. The Bertz CT molecular complexity index is 133. The first kappa shape index (κ1) is 12.0. The van der Waals surface area contributed by atoms with Crippen LogP contribution in [0.5, 0.6) is 0 Å². The van der Waals surface area contributed by atoms with Crippen molar-refractivity contribution in [1.29, 1.82) is 0 Å². The maximum Gasteiger partial charge on any atom is 0 e. The van der Waals surface area contributed by atoms with Crippen molar-refractivity contribution in [2.24, 2.45) is 0 Å². The minimum absolute atomic E-state index is 0. The Kier molecular flexibility index (Phi) is 7.60. The molecule has 3 radical (unpaired) electrons. The third-order valence-corrected chi connectivity index (χ3v) is 4.71. The highest BCUT2D eigenvalue weighted by molar-refractivity contribution is 7.57. The highest BCUT2D eigenvalue weighted by Gasteiger charge is 2.06. The second-order valence-corrected chi connectivity index (χ2v) is 5.65. The van der Waals surface area contributed by atoms with Gasteiger partial charge in [0, 0.05) is 8.41 Å². The molecule has 2 heteroatoms. The van der Waals surface area contributed by atoms with Gasteiger partial charge in [-0.05, 0) is 37.7 Å². The standard InChI is InChI=1S/C10H17P.B/c1-2-3-8-11-9-6-4-5-7-10-11;/h2,4-5H,1,3,6-10H2;. The first-order valence-electron chi connectivity index (χ1n) is 4.42. The van der Waals surface area contributed by atoms with Crippen LogP contribution in [0.2, 0.25) is 0 Å². The second kappa shape index (κ2) is 7.62. The number of rotatable bonds is 3. The van der Waals surface area contributed by atoms with Gasteiger partial charge in [0.2, 0.25) is 0 Å². The van der Waals surface area contributed by atoms with Gasteiger partial charge in [-0.25, -0.2) is 0 Å². The average Bonchev–Trinajstić information content (AvgIpc) is 2.28. The Labute approximate surface area is 79.5 Å². The summed E-state index contributed by atoms with van der Waals surface area (Å²) in [5, 5.41) is 0. The molecule has 1 rings (SSSR count). The lowest BCUT2D eigenvalue weighted by atomic mass is 10.4. The molecule has 0 atom stereocenters. The van der Waals surface area contributed by atoms with Gasteiger partial charge in [0.25, 0.3) is 0 Å². The third kappa shape index (κ3) is 4.77. The second-order valence-electron chi connectivity index (χ2n) is 2.97. The molecule has 0 nitrogen and oxygen atoms in total. The Balaban J connectivity index is 0.00000121. The predicted octanol–water partition coefficient (Wildman–Crippen LogP) is 3.01. The van der Waals surface area contributed by atoms with Crippen LogP contribution in [0.25, 0.3) is 0 Å². The molecule has 0 saturated heterocycles. The Morgan fingerprint density at radius 2 is 1.83 bits per heavy atom. The molecule has 0 aliphatic carbocycles. The summed E-state index contributed by atoms with van der Waals surface area (Å²) in [6.45, 7) is 3.76. The van der Waals surface area contributed by atoms with Gasteiger partial charge >= 0.3 is 0 Å². The third-order valence-electron chi connectivity index (χ3n) is 2.04. The Morgan fingerprint density at radius 1 is 1.25 bits per heavy atom. The van der Waals surface area contributed by atoms with Crippen LogP contribution in [-0.4, -0.2) is 26.9 Å². The number of hydrogen-bond donors (Lipinski definition) is 0. The first-order valence-corrected chi connectivity index (χ1v) is 6.31. The Morgan fingerprint density at radius 3 is 2.33 bits per heavy atom. The maximum absolute atomic E-state index is 3.76. The molecule has 12 heavy (non-hydrogen) atoms. The van der Waals surface area contributed by atoms with Crippen LogP contribution >= 0.6 is 7.92 Å². The summed E-state index contributed by atoms with van der Waals surface area (Å²) >= 11 is 0. The zero-order valence-corrected chi connectivity index (χ0v) is 8.60. The van der Waals surface area contributed by atoms with Gasteiger partial charge in [0.1, 0.15) is 0 Å². The molecule has 0 aromatic carbocycles. The molecular weight excluding hydrogens is 162 g/mol. The van der Waals surface area contributed by atoms with E-state index in [1.807, 2.05) is 0 Å². The topological polar surface area (TPSA) is 0 Å². The molecule has 0 unspecified atom stereocenters. The van der Waals surface area contributed by atoms with Crippen LogP contribution in [0.1, 0.15) is 19.3 Å². The summed E-state index contributed by atoms with van der Waals surface area (Å²) in [7, 11) is 0.362. The molecule has 1 aliphatic heterocycles. The van der Waals surface area contributed by atoms with Gasteiger partial charge in [-0.1, -0.05) is 18.2 Å². The van der Waals surface area contributed by atoms with E-state index < -0.39 is 0 Å². The van der Waals surface area contributed by atoms with Crippen LogP contribution in [0.4, 0.5) is 0 Å². The van der Waals surface area contributed by atoms with Crippen LogP contribution in [0.3, 0.4) is 0 Å². The number of hydrogen-bond acceptors (Lipinski definition) is 0. The minimum Gasteiger partial charge on any atom is -0.106 e. The van der Waals surface area contributed by atoms with E-state index in [-0.39, 0.29) is 8.41 Å². The van der Waals surface area contributed by atoms with Crippen molar-refractivity contribution in [1.82, 2.24) is 0 Å².